The third-order valence-electron chi connectivity index (χ3n) is 2.01. The van der Waals surface area contributed by atoms with E-state index < -0.39 is 0 Å². The van der Waals surface area contributed by atoms with Crippen LogP contribution < -0.4 is 11.3 Å². The molecule has 2 aromatic rings. The smallest absolute Gasteiger partial charge is 0.251 e. The van der Waals surface area contributed by atoms with Crippen LogP contribution in [0.1, 0.15) is 10.7 Å². The Morgan fingerprint density at radius 2 is 2.33 bits per heavy atom. The molecule has 0 aliphatic heterocycles. The highest BCUT2D eigenvalue weighted by atomic mass is 32.1. The van der Waals surface area contributed by atoms with Crippen LogP contribution in [0, 0.1) is 6.92 Å². The van der Waals surface area contributed by atoms with Gasteiger partial charge in [-0.15, -0.1) is 11.3 Å². The summed E-state index contributed by atoms with van der Waals surface area (Å²) in [5.74, 6) is 0. The molecule has 15 heavy (non-hydrogen) atoms. The van der Waals surface area contributed by atoms with Crippen LogP contribution >= 0.6 is 11.3 Å². The van der Waals surface area contributed by atoms with Gasteiger partial charge in [0.2, 0.25) is 0 Å². The molecule has 0 unspecified atom stereocenters. The monoisotopic (exact) mass is 221 g/mol. The zero-order chi connectivity index (χ0) is 10.8. The van der Waals surface area contributed by atoms with Gasteiger partial charge in [-0.05, 0) is 13.0 Å². The van der Waals surface area contributed by atoms with Crippen LogP contribution in [0.5, 0.6) is 0 Å². The predicted octanol–water partition coefficient (Wildman–Crippen LogP) is 1.24. The Bertz CT molecular complexity index is 529. The minimum absolute atomic E-state index is 0.0603. The summed E-state index contributed by atoms with van der Waals surface area (Å²) in [5, 5.41) is 2.95. The molecule has 0 fully saturated rings. The predicted molar refractivity (Wildman–Crippen MR) is 61.1 cm³/mol. The van der Waals surface area contributed by atoms with Crippen molar-refractivity contribution in [2.24, 2.45) is 0 Å². The summed E-state index contributed by atoms with van der Waals surface area (Å²) in [7, 11) is 0. The Balaban J connectivity index is 2.31. The number of aryl methyl sites for hydroxylation is 1. The first kappa shape index (κ1) is 9.92. The lowest BCUT2D eigenvalue weighted by molar-refractivity contribution is 0.744. The van der Waals surface area contributed by atoms with E-state index in [9.17, 15) is 4.79 Å². The van der Waals surface area contributed by atoms with Crippen molar-refractivity contribution < 1.29 is 0 Å². The molecule has 0 aliphatic rings. The van der Waals surface area contributed by atoms with Gasteiger partial charge >= 0.3 is 0 Å². The molecule has 4 nitrogen and oxygen atoms in total. The second-order valence-corrected chi connectivity index (χ2v) is 4.35. The fraction of sp³-hybridized carbons (Fsp3) is 0.200. The molecule has 78 valence electrons. The van der Waals surface area contributed by atoms with E-state index in [0.29, 0.717) is 12.2 Å². The van der Waals surface area contributed by atoms with Crippen molar-refractivity contribution >= 4 is 17.0 Å². The van der Waals surface area contributed by atoms with Crippen molar-refractivity contribution in [3.63, 3.8) is 0 Å². The number of aromatic nitrogens is 2. The van der Waals surface area contributed by atoms with Crippen LogP contribution in [0.25, 0.3) is 0 Å². The van der Waals surface area contributed by atoms with Gasteiger partial charge in [-0.2, -0.15) is 0 Å². The number of anilines is 1. The number of hydrogen-bond donors (Lipinski definition) is 1. The molecule has 2 rings (SSSR count). The summed E-state index contributed by atoms with van der Waals surface area (Å²) in [4.78, 5) is 15.8. The summed E-state index contributed by atoms with van der Waals surface area (Å²) >= 11 is 1.58. The molecule has 5 heteroatoms. The molecule has 2 aromatic heterocycles. The van der Waals surface area contributed by atoms with Gasteiger partial charge in [0.15, 0.2) is 0 Å². The van der Waals surface area contributed by atoms with Gasteiger partial charge in [-0.25, -0.2) is 4.98 Å². The largest absolute Gasteiger partial charge is 0.398 e. The summed E-state index contributed by atoms with van der Waals surface area (Å²) in [6, 6.07) is 3.07. The number of nitrogen functional groups attached to an aromatic ring is 1. The second kappa shape index (κ2) is 3.86. The van der Waals surface area contributed by atoms with Crippen LogP contribution in [0.2, 0.25) is 0 Å². The third kappa shape index (κ3) is 2.24. The van der Waals surface area contributed by atoms with Crippen molar-refractivity contribution in [1.29, 1.82) is 0 Å². The third-order valence-corrected chi connectivity index (χ3v) is 2.83. The molecule has 0 bridgehead atoms. The lowest BCUT2D eigenvalue weighted by atomic mass is 10.4. The van der Waals surface area contributed by atoms with Crippen molar-refractivity contribution in [1.82, 2.24) is 9.55 Å². The fourth-order valence-electron chi connectivity index (χ4n) is 1.33. The Hall–Kier alpha value is -1.62. The molecule has 0 saturated carbocycles. The number of hydrogen-bond acceptors (Lipinski definition) is 4. The van der Waals surface area contributed by atoms with Crippen LogP contribution in [0.4, 0.5) is 5.69 Å². The Morgan fingerprint density at radius 1 is 1.53 bits per heavy atom. The first-order valence-corrected chi connectivity index (χ1v) is 5.40. The van der Waals surface area contributed by atoms with E-state index in [-0.39, 0.29) is 5.56 Å². The van der Waals surface area contributed by atoms with Gasteiger partial charge in [-0.3, -0.25) is 4.79 Å². The summed E-state index contributed by atoms with van der Waals surface area (Å²) in [6.07, 6.45) is 1.64. The lowest BCUT2D eigenvalue weighted by Gasteiger charge is -2.03. The molecule has 0 atom stereocenters. The minimum Gasteiger partial charge on any atom is -0.398 e. The van der Waals surface area contributed by atoms with Gasteiger partial charge in [0.25, 0.3) is 5.56 Å². The summed E-state index contributed by atoms with van der Waals surface area (Å²) in [6.45, 7) is 2.42. The highest BCUT2D eigenvalue weighted by Gasteiger charge is 2.01. The van der Waals surface area contributed by atoms with Gasteiger partial charge < -0.3 is 10.3 Å². The van der Waals surface area contributed by atoms with Crippen molar-refractivity contribution in [2.45, 2.75) is 13.5 Å². The maximum atomic E-state index is 11.5. The maximum absolute atomic E-state index is 11.5. The zero-order valence-corrected chi connectivity index (χ0v) is 9.12. The molecular formula is C10H11N3OS. The van der Waals surface area contributed by atoms with Crippen LogP contribution in [0.15, 0.2) is 28.5 Å². The van der Waals surface area contributed by atoms with Crippen LogP contribution in [-0.2, 0) is 6.54 Å². The Kier molecular flexibility index (Phi) is 2.55. The van der Waals surface area contributed by atoms with E-state index in [1.807, 2.05) is 12.3 Å². The molecule has 0 saturated heterocycles. The SMILES string of the molecule is Cc1nc(Cn2cc(N)ccc2=O)cs1. The number of nitrogens with zero attached hydrogens (tertiary/aromatic N) is 2. The highest BCUT2D eigenvalue weighted by Crippen LogP contribution is 2.09. The van der Waals surface area contributed by atoms with Crippen LogP contribution in [-0.4, -0.2) is 9.55 Å². The van der Waals surface area contributed by atoms with Crippen molar-refractivity contribution in [3.8, 4) is 0 Å². The Labute approximate surface area is 91.0 Å². The Morgan fingerprint density at radius 3 is 3.00 bits per heavy atom. The lowest BCUT2D eigenvalue weighted by Crippen LogP contribution is -2.19. The van der Waals surface area contributed by atoms with Gasteiger partial charge in [0.1, 0.15) is 0 Å². The van der Waals surface area contributed by atoms with E-state index >= 15 is 0 Å². The minimum atomic E-state index is -0.0603. The standard InChI is InChI=1S/C10H11N3OS/c1-7-12-9(6-15-7)5-13-4-8(11)2-3-10(13)14/h2-4,6H,5,11H2,1H3. The van der Waals surface area contributed by atoms with E-state index in [1.165, 1.54) is 6.07 Å². The van der Waals surface area contributed by atoms with E-state index in [4.69, 9.17) is 5.73 Å². The van der Waals surface area contributed by atoms with Gasteiger partial charge in [0.05, 0.1) is 17.2 Å². The molecule has 0 aromatic carbocycles. The zero-order valence-electron chi connectivity index (χ0n) is 8.30. The van der Waals surface area contributed by atoms with Gasteiger partial charge in [0, 0.05) is 23.3 Å². The fourth-order valence-corrected chi connectivity index (χ4v) is 1.93. The van der Waals surface area contributed by atoms with Crippen molar-refractivity contribution in [3.05, 3.63) is 44.8 Å². The number of pyridine rings is 1. The topological polar surface area (TPSA) is 60.9 Å². The summed E-state index contributed by atoms with van der Waals surface area (Å²) in [5.41, 5.74) is 7.03. The molecule has 2 N–H and O–H groups in total. The van der Waals surface area contributed by atoms with E-state index in [1.54, 1.807) is 28.2 Å². The summed E-state index contributed by atoms with van der Waals surface area (Å²) < 4.78 is 1.56. The average molecular weight is 221 g/mol. The molecule has 2 heterocycles. The van der Waals surface area contributed by atoms with E-state index in [2.05, 4.69) is 4.98 Å². The average Bonchev–Trinajstić information content (AvgIpc) is 2.58. The number of rotatable bonds is 2. The molecule has 0 amide bonds. The highest BCUT2D eigenvalue weighted by molar-refractivity contribution is 7.09. The van der Waals surface area contributed by atoms with Crippen molar-refractivity contribution in [2.75, 3.05) is 5.73 Å². The quantitative estimate of drug-likeness (QED) is 0.830. The molecule has 0 radical (unpaired) electrons. The first-order chi connectivity index (χ1) is 7.15. The molecule has 0 spiro atoms. The molecule has 0 aliphatic carbocycles. The number of nitrogens with two attached hydrogens (primary N) is 1. The number of thiazole rings is 1. The molecular weight excluding hydrogens is 210 g/mol. The van der Waals surface area contributed by atoms with Gasteiger partial charge in [-0.1, -0.05) is 0 Å². The van der Waals surface area contributed by atoms with E-state index in [0.717, 1.165) is 10.7 Å². The maximum Gasteiger partial charge on any atom is 0.251 e. The second-order valence-electron chi connectivity index (χ2n) is 3.29. The normalized spacial score (nSPS) is 10.5. The first-order valence-electron chi connectivity index (χ1n) is 4.52. The van der Waals surface area contributed by atoms with Crippen LogP contribution in [0.3, 0.4) is 0 Å².